The molecule has 0 spiro atoms. The summed E-state index contributed by atoms with van der Waals surface area (Å²) >= 11 is 0. The van der Waals surface area contributed by atoms with Gasteiger partial charge in [-0.15, -0.1) is 0 Å². The third kappa shape index (κ3) is 1.67. The SMILES string of the molecule is CC(C(=O)c1ccc2ooc2c1)N(C)O. The Labute approximate surface area is 85.8 Å². The van der Waals surface area contributed by atoms with E-state index >= 15 is 0 Å². The summed E-state index contributed by atoms with van der Waals surface area (Å²) in [4.78, 5) is 11.8. The van der Waals surface area contributed by atoms with Crippen LogP contribution in [0.4, 0.5) is 0 Å². The van der Waals surface area contributed by atoms with Gasteiger partial charge < -0.3 is 5.21 Å². The van der Waals surface area contributed by atoms with Crippen LogP contribution < -0.4 is 0 Å². The van der Waals surface area contributed by atoms with Gasteiger partial charge in [-0.1, -0.05) is 0 Å². The minimum Gasteiger partial charge on any atom is -0.314 e. The minimum atomic E-state index is -0.580. The van der Waals surface area contributed by atoms with Gasteiger partial charge in [-0.3, -0.25) is 13.9 Å². The van der Waals surface area contributed by atoms with E-state index in [2.05, 4.69) is 9.15 Å². The first kappa shape index (κ1) is 9.95. The minimum absolute atomic E-state index is 0.168. The Morgan fingerprint density at radius 2 is 2.07 bits per heavy atom. The van der Waals surface area contributed by atoms with Gasteiger partial charge in [0.15, 0.2) is 5.78 Å². The molecule has 0 aliphatic carbocycles. The maximum Gasteiger partial charge on any atom is 0.226 e. The third-order valence-electron chi connectivity index (χ3n) is 2.39. The average molecular weight is 209 g/mol. The summed E-state index contributed by atoms with van der Waals surface area (Å²) in [6, 6.07) is 4.32. The van der Waals surface area contributed by atoms with E-state index in [-0.39, 0.29) is 5.78 Å². The van der Waals surface area contributed by atoms with Gasteiger partial charge in [0.05, 0.1) is 6.04 Å². The van der Waals surface area contributed by atoms with Crippen molar-refractivity contribution in [1.82, 2.24) is 5.06 Å². The highest BCUT2D eigenvalue weighted by molar-refractivity contribution is 6.01. The predicted molar refractivity (Wildman–Crippen MR) is 51.8 cm³/mol. The molecule has 5 heteroatoms. The van der Waals surface area contributed by atoms with Gasteiger partial charge in [0, 0.05) is 18.7 Å². The maximum absolute atomic E-state index is 11.8. The van der Waals surface area contributed by atoms with Crippen LogP contribution in [-0.2, 0) is 0 Å². The molecule has 0 fully saturated rings. The van der Waals surface area contributed by atoms with Crippen molar-refractivity contribution in [3.8, 4) is 0 Å². The number of hydrogen-bond acceptors (Lipinski definition) is 5. The lowest BCUT2D eigenvalue weighted by Gasteiger charge is -2.16. The number of ketones is 1. The Morgan fingerprint density at radius 1 is 1.40 bits per heavy atom. The first-order valence-electron chi connectivity index (χ1n) is 4.54. The molecule has 1 atom stereocenters. The van der Waals surface area contributed by atoms with Crippen LogP contribution in [-0.4, -0.2) is 29.1 Å². The molecular formula is C10H11NO4. The number of rotatable bonds is 3. The van der Waals surface area contributed by atoms with Crippen LogP contribution in [0.15, 0.2) is 27.4 Å². The molecule has 80 valence electrons. The molecule has 0 aliphatic rings. The molecule has 5 nitrogen and oxygen atoms in total. The van der Waals surface area contributed by atoms with Crippen LogP contribution in [0.25, 0.3) is 11.2 Å². The second-order valence-corrected chi connectivity index (χ2v) is 3.44. The lowest BCUT2D eigenvalue weighted by molar-refractivity contribution is -0.0849. The molecule has 0 radical (unpaired) electrons. The van der Waals surface area contributed by atoms with Gasteiger partial charge in [0.1, 0.15) is 0 Å². The van der Waals surface area contributed by atoms with E-state index in [1.807, 2.05) is 0 Å². The van der Waals surface area contributed by atoms with Gasteiger partial charge in [-0.25, -0.2) is 0 Å². The van der Waals surface area contributed by atoms with Crippen LogP contribution in [0.1, 0.15) is 17.3 Å². The van der Waals surface area contributed by atoms with Crippen LogP contribution in [0.3, 0.4) is 0 Å². The molecule has 0 aliphatic heterocycles. The molecule has 0 saturated carbocycles. The molecule has 1 aromatic heterocycles. The van der Waals surface area contributed by atoms with Gasteiger partial charge in [0.2, 0.25) is 11.2 Å². The van der Waals surface area contributed by atoms with Crippen LogP contribution in [0.5, 0.6) is 0 Å². The van der Waals surface area contributed by atoms with E-state index in [1.165, 1.54) is 7.05 Å². The van der Waals surface area contributed by atoms with Crippen molar-refractivity contribution >= 4 is 16.9 Å². The van der Waals surface area contributed by atoms with E-state index in [4.69, 9.17) is 5.21 Å². The molecule has 0 amide bonds. The monoisotopic (exact) mass is 209 g/mol. The van der Waals surface area contributed by atoms with Crippen molar-refractivity contribution in [2.45, 2.75) is 13.0 Å². The van der Waals surface area contributed by atoms with E-state index in [1.54, 1.807) is 25.1 Å². The van der Waals surface area contributed by atoms with Gasteiger partial charge in [0.25, 0.3) is 0 Å². The summed E-state index contributed by atoms with van der Waals surface area (Å²) in [5, 5.41) is 10.0. The number of hydrogen-bond donors (Lipinski definition) is 1. The molecule has 15 heavy (non-hydrogen) atoms. The molecule has 1 heterocycles. The summed E-state index contributed by atoms with van der Waals surface area (Å²) in [7, 11) is 1.43. The van der Waals surface area contributed by atoms with Crippen LogP contribution in [0, 0.1) is 0 Å². The topological polar surface area (TPSA) is 66.8 Å². The summed E-state index contributed by atoms with van der Waals surface area (Å²) in [5.74, 6) is -0.168. The quantitative estimate of drug-likeness (QED) is 0.475. The fourth-order valence-corrected chi connectivity index (χ4v) is 1.26. The number of hydroxylamine groups is 2. The Bertz CT molecular complexity index is 482. The summed E-state index contributed by atoms with van der Waals surface area (Å²) in [6.07, 6.45) is 0. The van der Waals surface area contributed by atoms with Gasteiger partial charge in [-0.05, 0) is 19.1 Å². The van der Waals surface area contributed by atoms with Crippen LogP contribution in [0.2, 0.25) is 0 Å². The molecule has 1 aromatic carbocycles. The Hall–Kier alpha value is -1.59. The fraction of sp³-hybridized carbons (Fsp3) is 0.300. The lowest BCUT2D eigenvalue weighted by Crippen LogP contribution is -2.33. The second-order valence-electron chi connectivity index (χ2n) is 3.44. The number of carbonyl (C=O) groups excluding carboxylic acids is 1. The third-order valence-corrected chi connectivity index (χ3v) is 2.39. The molecular weight excluding hydrogens is 198 g/mol. The van der Waals surface area contributed by atoms with Crippen molar-refractivity contribution < 1.29 is 19.2 Å². The maximum atomic E-state index is 11.8. The van der Waals surface area contributed by atoms with Crippen molar-refractivity contribution in [3.63, 3.8) is 0 Å². The molecule has 0 bridgehead atoms. The zero-order chi connectivity index (χ0) is 11.0. The Morgan fingerprint density at radius 3 is 2.53 bits per heavy atom. The Balaban J connectivity index is 2.28. The zero-order valence-corrected chi connectivity index (χ0v) is 8.43. The van der Waals surface area contributed by atoms with Crippen molar-refractivity contribution in [2.75, 3.05) is 7.05 Å². The average Bonchev–Trinajstić information content (AvgIpc) is 2.17. The van der Waals surface area contributed by atoms with Crippen molar-refractivity contribution in [2.24, 2.45) is 0 Å². The zero-order valence-electron chi connectivity index (χ0n) is 8.43. The molecule has 1 unspecified atom stereocenters. The highest BCUT2D eigenvalue weighted by Gasteiger charge is 2.19. The lowest BCUT2D eigenvalue weighted by atomic mass is 10.1. The van der Waals surface area contributed by atoms with Crippen LogP contribution >= 0.6 is 0 Å². The first-order valence-corrected chi connectivity index (χ1v) is 4.54. The molecule has 1 N–H and O–H groups in total. The number of Topliss-reactive ketones (excluding diaryl/α,β-unsaturated/α-hetero) is 1. The highest BCUT2D eigenvalue weighted by Crippen LogP contribution is 2.20. The largest absolute Gasteiger partial charge is 0.314 e. The normalized spacial score (nSPS) is 13.6. The number of nitrogens with zero attached hydrogens (tertiary/aromatic N) is 1. The molecule has 2 aromatic rings. The van der Waals surface area contributed by atoms with Crippen molar-refractivity contribution in [3.05, 3.63) is 23.8 Å². The van der Waals surface area contributed by atoms with E-state index in [9.17, 15) is 4.79 Å². The summed E-state index contributed by atoms with van der Waals surface area (Å²) in [6.45, 7) is 1.62. The number of benzene rings is 1. The first-order chi connectivity index (χ1) is 7.09. The van der Waals surface area contributed by atoms with Gasteiger partial charge >= 0.3 is 0 Å². The number of carbonyl (C=O) groups is 1. The molecule has 2 rings (SSSR count). The fourth-order valence-electron chi connectivity index (χ4n) is 1.26. The smallest absolute Gasteiger partial charge is 0.226 e. The second kappa shape index (κ2) is 3.52. The highest BCUT2D eigenvalue weighted by atomic mass is 17.0. The standard InChI is InChI=1S/C10H11NO4/c1-6(11(2)13)10(12)7-3-4-8-9(5-7)15-14-8/h3-6,13H,1-2H3. The van der Waals surface area contributed by atoms with E-state index in [0.717, 1.165) is 5.06 Å². The Kier molecular flexibility index (Phi) is 2.34. The van der Waals surface area contributed by atoms with Crippen molar-refractivity contribution in [1.29, 1.82) is 0 Å². The van der Waals surface area contributed by atoms with E-state index in [0.29, 0.717) is 16.7 Å². The number of likely N-dealkylation sites (N-methyl/N-ethyl adjacent to an activating group) is 1. The predicted octanol–water partition coefficient (Wildman–Crippen LogP) is 1.92. The van der Waals surface area contributed by atoms with E-state index < -0.39 is 6.04 Å². The number of fused-ring (bicyclic) bond motifs is 1. The molecule has 0 saturated heterocycles. The summed E-state index contributed by atoms with van der Waals surface area (Å²) < 4.78 is 9.33. The summed E-state index contributed by atoms with van der Waals surface area (Å²) in [5.41, 5.74) is 1.66. The van der Waals surface area contributed by atoms with Gasteiger partial charge in [-0.2, -0.15) is 5.06 Å².